The summed E-state index contributed by atoms with van der Waals surface area (Å²) in [4.78, 5) is 26.8. The number of phenolic OH excluding ortho intramolecular Hbond substituents is 1. The first-order chi connectivity index (χ1) is 22.1. The van der Waals surface area contributed by atoms with Crippen LogP contribution in [-0.4, -0.2) is 71.6 Å². The zero-order valence-electron chi connectivity index (χ0n) is 26.2. The Morgan fingerprint density at radius 2 is 1.87 bits per heavy atom. The van der Waals surface area contributed by atoms with E-state index < -0.39 is 23.8 Å². The number of aromatic nitrogens is 2. The Morgan fingerprint density at radius 1 is 1.04 bits per heavy atom. The van der Waals surface area contributed by atoms with Gasteiger partial charge in [-0.1, -0.05) is 12.1 Å². The molecule has 1 aliphatic carbocycles. The number of benzene rings is 2. The highest BCUT2D eigenvalue weighted by Gasteiger charge is 2.45. The number of hydrogen-bond acceptors (Lipinski definition) is 8. The first-order valence-electron chi connectivity index (χ1n) is 16.2. The second-order valence-electron chi connectivity index (χ2n) is 13.4. The van der Waals surface area contributed by atoms with Crippen LogP contribution >= 0.6 is 0 Å². The number of nitrogens with zero attached hydrogens (tertiary/aromatic N) is 4. The van der Waals surface area contributed by atoms with Crippen molar-refractivity contribution in [3.05, 3.63) is 52.1 Å². The lowest BCUT2D eigenvalue weighted by Crippen LogP contribution is -2.39. The summed E-state index contributed by atoms with van der Waals surface area (Å²) in [5.41, 5.74) is 0.457. The number of methoxy groups -OCH3 is 1. The monoisotopic (exact) mass is 636 g/mol. The number of aromatic hydroxyl groups is 1. The number of hydrogen-bond donors (Lipinski definition) is 1. The lowest BCUT2D eigenvalue weighted by Gasteiger charge is -2.44. The Labute approximate surface area is 265 Å². The smallest absolute Gasteiger partial charge is 0.349 e. The largest absolute Gasteiger partial charge is 0.508 e. The van der Waals surface area contributed by atoms with Gasteiger partial charge in [0.15, 0.2) is 5.82 Å². The van der Waals surface area contributed by atoms with Crippen LogP contribution in [0.25, 0.3) is 33.0 Å². The van der Waals surface area contributed by atoms with E-state index in [4.69, 9.17) is 9.15 Å². The molecule has 4 aromatic rings. The Bertz CT molecular complexity index is 1830. The highest BCUT2D eigenvalue weighted by Crippen LogP contribution is 2.51. The third-order valence-corrected chi connectivity index (χ3v) is 10.4. The van der Waals surface area contributed by atoms with Crippen molar-refractivity contribution < 1.29 is 27.4 Å². The number of rotatable bonds is 3. The van der Waals surface area contributed by atoms with E-state index >= 15 is 0 Å². The molecule has 2 aromatic heterocycles. The summed E-state index contributed by atoms with van der Waals surface area (Å²) in [6.45, 7) is 4.89. The highest BCUT2D eigenvalue weighted by atomic mass is 19.1. The van der Waals surface area contributed by atoms with Crippen molar-refractivity contribution in [1.82, 2.24) is 14.9 Å². The number of anilines is 1. The molecule has 0 radical (unpaired) electrons. The van der Waals surface area contributed by atoms with Crippen LogP contribution in [0.5, 0.6) is 11.8 Å². The Morgan fingerprint density at radius 3 is 2.63 bits per heavy atom. The summed E-state index contributed by atoms with van der Waals surface area (Å²) in [7, 11) is 1.46. The lowest BCUT2D eigenvalue weighted by atomic mass is 9.63. The maximum atomic E-state index is 14.9. The molecular weight excluding hydrogens is 597 g/mol. The van der Waals surface area contributed by atoms with Crippen LogP contribution in [0.1, 0.15) is 56.9 Å². The van der Waals surface area contributed by atoms with Crippen molar-refractivity contribution in [3.63, 3.8) is 0 Å². The molecular formula is C35H39F3N4O4. The van der Waals surface area contributed by atoms with Crippen LogP contribution in [-0.2, 0) is 0 Å². The average molecular weight is 637 g/mol. The average Bonchev–Trinajstić information content (AvgIpc) is 3.52. The summed E-state index contributed by atoms with van der Waals surface area (Å²) in [5.74, 6) is -0.0410. The van der Waals surface area contributed by atoms with Gasteiger partial charge in [0.05, 0.1) is 12.6 Å². The van der Waals surface area contributed by atoms with Gasteiger partial charge in [0, 0.05) is 42.2 Å². The molecule has 2 unspecified atom stereocenters. The van der Waals surface area contributed by atoms with Gasteiger partial charge in [-0.15, -0.1) is 0 Å². The molecule has 3 saturated heterocycles. The molecule has 1 spiro atoms. The SMILES string of the molecule is COc1nc(N2CCCC3(CC2)CC(F)C3)c2c(=O)oc(-c3cc(O)cc4cccc(F)c34)c(C)c2n1.FC1CC2CCCN2C1. The summed E-state index contributed by atoms with van der Waals surface area (Å²) in [6, 6.07) is 8.10. The van der Waals surface area contributed by atoms with Crippen molar-refractivity contribution >= 4 is 27.5 Å². The zero-order valence-corrected chi connectivity index (χ0v) is 26.2. The predicted molar refractivity (Wildman–Crippen MR) is 171 cm³/mol. The number of fused-ring (bicyclic) bond motifs is 3. The molecule has 4 fully saturated rings. The first-order valence-corrected chi connectivity index (χ1v) is 16.2. The summed E-state index contributed by atoms with van der Waals surface area (Å²) >= 11 is 0. The summed E-state index contributed by atoms with van der Waals surface area (Å²) in [5, 5.41) is 11.3. The Hall–Kier alpha value is -3.86. The number of aryl methyl sites for hydroxylation is 1. The standard InChI is InChI=1S/C28H27F2N3O4.C7H12FN/c1-15-23-22(26(35)37-24(15)19-12-18(34)11-16-5-3-6-20(30)21(16)19)25(32-27(31-23)36-2)33-9-4-7-28(8-10-33)13-17(29)14-28;8-6-4-7-2-1-3-9(7)5-6/h3,5-6,11-12,17,34H,4,7-10,13-14H2,1-2H3;6-7H,1-5H2. The van der Waals surface area contributed by atoms with Gasteiger partial charge < -0.3 is 19.2 Å². The molecule has 11 heteroatoms. The number of halogens is 3. The van der Waals surface area contributed by atoms with Crippen molar-refractivity contribution in [2.24, 2.45) is 5.41 Å². The van der Waals surface area contributed by atoms with E-state index in [1.165, 1.54) is 38.2 Å². The third kappa shape index (κ3) is 5.56. The van der Waals surface area contributed by atoms with Crippen LogP contribution in [0, 0.1) is 18.2 Å². The summed E-state index contributed by atoms with van der Waals surface area (Å²) < 4.78 is 52.4. The fourth-order valence-corrected chi connectivity index (χ4v) is 8.12. The van der Waals surface area contributed by atoms with E-state index in [9.17, 15) is 23.1 Å². The highest BCUT2D eigenvalue weighted by molar-refractivity contribution is 6.00. The van der Waals surface area contributed by atoms with E-state index in [-0.39, 0.29) is 39.3 Å². The molecule has 8 rings (SSSR count). The quantitative estimate of drug-likeness (QED) is 0.261. The van der Waals surface area contributed by atoms with E-state index in [0.717, 1.165) is 32.2 Å². The summed E-state index contributed by atoms with van der Waals surface area (Å²) in [6.07, 6.45) is 5.89. The van der Waals surface area contributed by atoms with Gasteiger partial charge in [0.1, 0.15) is 35.1 Å². The maximum absolute atomic E-state index is 14.9. The molecule has 2 atom stereocenters. The van der Waals surface area contributed by atoms with Gasteiger partial charge in [-0.2, -0.15) is 9.97 Å². The van der Waals surface area contributed by atoms with Crippen LogP contribution in [0.4, 0.5) is 19.0 Å². The molecule has 3 aliphatic heterocycles. The normalized spacial score (nSPS) is 26.1. The molecule has 46 heavy (non-hydrogen) atoms. The molecule has 1 saturated carbocycles. The fourth-order valence-electron chi connectivity index (χ4n) is 8.12. The lowest BCUT2D eigenvalue weighted by molar-refractivity contribution is 0.0152. The topological polar surface area (TPSA) is 91.9 Å². The van der Waals surface area contributed by atoms with E-state index in [1.54, 1.807) is 19.1 Å². The van der Waals surface area contributed by atoms with Crippen LogP contribution in [0.2, 0.25) is 0 Å². The van der Waals surface area contributed by atoms with E-state index in [0.29, 0.717) is 60.8 Å². The molecule has 244 valence electrons. The van der Waals surface area contributed by atoms with Crippen molar-refractivity contribution in [3.8, 4) is 23.1 Å². The van der Waals surface area contributed by atoms with Crippen molar-refractivity contribution in [2.75, 3.05) is 38.2 Å². The molecule has 1 N–H and O–H groups in total. The van der Waals surface area contributed by atoms with Crippen molar-refractivity contribution in [2.45, 2.75) is 76.7 Å². The Kier molecular flexibility index (Phi) is 8.07. The second-order valence-corrected chi connectivity index (χ2v) is 13.4. The third-order valence-electron chi connectivity index (χ3n) is 10.4. The van der Waals surface area contributed by atoms with Gasteiger partial charge in [0.2, 0.25) is 0 Å². The maximum Gasteiger partial charge on any atom is 0.349 e. The van der Waals surface area contributed by atoms with E-state index in [2.05, 4.69) is 14.9 Å². The molecule has 8 nitrogen and oxygen atoms in total. The van der Waals surface area contributed by atoms with E-state index in [1.807, 2.05) is 4.90 Å². The van der Waals surface area contributed by atoms with Gasteiger partial charge in [-0.3, -0.25) is 4.90 Å². The minimum absolute atomic E-state index is 0.0231. The molecule has 5 heterocycles. The zero-order chi connectivity index (χ0) is 32.2. The number of ether oxygens (including phenoxy) is 1. The van der Waals surface area contributed by atoms with Crippen LogP contribution < -0.4 is 15.3 Å². The minimum atomic E-state index is -0.724. The number of alkyl halides is 2. The number of phenols is 1. The van der Waals surface area contributed by atoms with Gasteiger partial charge in [-0.25, -0.2) is 18.0 Å². The van der Waals surface area contributed by atoms with Gasteiger partial charge in [-0.05, 0) is 93.8 Å². The van der Waals surface area contributed by atoms with Gasteiger partial charge in [0.25, 0.3) is 0 Å². The van der Waals surface area contributed by atoms with Crippen LogP contribution in [0.3, 0.4) is 0 Å². The second kappa shape index (κ2) is 12.1. The first kappa shape index (κ1) is 30.8. The molecule has 2 aromatic carbocycles. The molecule has 0 bridgehead atoms. The molecule has 4 aliphatic rings. The fraction of sp³-hybridized carbons (Fsp3) is 0.514. The Balaban J connectivity index is 0.000000321. The molecule has 0 amide bonds. The van der Waals surface area contributed by atoms with Gasteiger partial charge >= 0.3 is 11.6 Å². The van der Waals surface area contributed by atoms with Crippen LogP contribution in [0.15, 0.2) is 39.5 Å². The minimum Gasteiger partial charge on any atom is -0.508 e. The predicted octanol–water partition coefficient (Wildman–Crippen LogP) is 6.87. The van der Waals surface area contributed by atoms with Crippen molar-refractivity contribution in [1.29, 1.82) is 0 Å².